The van der Waals surface area contributed by atoms with Gasteiger partial charge in [-0.2, -0.15) is 15.0 Å². The van der Waals surface area contributed by atoms with E-state index in [2.05, 4.69) is 30.2 Å². The number of rotatable bonds is 4. The van der Waals surface area contributed by atoms with E-state index in [9.17, 15) is 0 Å². The monoisotopic (exact) mass is 270 g/mol. The lowest BCUT2D eigenvalue weighted by Crippen LogP contribution is -2.22. The van der Waals surface area contributed by atoms with Crippen molar-refractivity contribution in [3.63, 3.8) is 0 Å². The van der Waals surface area contributed by atoms with Crippen LogP contribution >= 0.6 is 0 Å². The van der Waals surface area contributed by atoms with Crippen LogP contribution in [-0.4, -0.2) is 40.1 Å². The van der Waals surface area contributed by atoms with Crippen LogP contribution in [-0.2, 0) is 6.42 Å². The molecule has 0 aromatic carbocycles. The van der Waals surface area contributed by atoms with Crippen LogP contribution in [0.25, 0.3) is 0 Å². The topological polar surface area (TPSA) is 66.8 Å². The Bertz CT molecular complexity index is 565. The fourth-order valence-corrected chi connectivity index (χ4v) is 2.34. The zero-order valence-corrected chi connectivity index (χ0v) is 11.6. The van der Waals surface area contributed by atoms with Gasteiger partial charge in [-0.05, 0) is 30.5 Å². The van der Waals surface area contributed by atoms with Crippen LogP contribution in [0, 0.1) is 0 Å². The van der Waals surface area contributed by atoms with Crippen LogP contribution in [0.3, 0.4) is 0 Å². The van der Waals surface area contributed by atoms with Gasteiger partial charge in [0, 0.05) is 39.0 Å². The van der Waals surface area contributed by atoms with Crippen molar-refractivity contribution in [1.82, 2.24) is 19.9 Å². The molecule has 2 aromatic rings. The number of anilines is 2. The van der Waals surface area contributed by atoms with Crippen molar-refractivity contribution in [2.45, 2.75) is 19.3 Å². The molecule has 1 saturated heterocycles. The quantitative estimate of drug-likeness (QED) is 0.908. The number of nitrogens with zero attached hydrogens (tertiary/aromatic N) is 5. The third kappa shape index (κ3) is 2.84. The van der Waals surface area contributed by atoms with Crippen molar-refractivity contribution in [3.05, 3.63) is 35.9 Å². The van der Waals surface area contributed by atoms with E-state index in [1.165, 1.54) is 12.8 Å². The van der Waals surface area contributed by atoms with E-state index in [1.54, 1.807) is 12.4 Å². The third-order valence-corrected chi connectivity index (χ3v) is 3.39. The van der Waals surface area contributed by atoms with Gasteiger partial charge in [-0.3, -0.25) is 4.98 Å². The van der Waals surface area contributed by atoms with E-state index in [1.807, 2.05) is 19.2 Å². The van der Waals surface area contributed by atoms with E-state index in [0.717, 1.165) is 30.4 Å². The molecule has 0 radical (unpaired) electrons. The predicted molar refractivity (Wildman–Crippen MR) is 77.9 cm³/mol. The van der Waals surface area contributed by atoms with Crippen LogP contribution in [0.2, 0.25) is 0 Å². The maximum atomic E-state index is 4.60. The van der Waals surface area contributed by atoms with Crippen molar-refractivity contribution in [2.75, 3.05) is 30.4 Å². The van der Waals surface area contributed by atoms with E-state index >= 15 is 0 Å². The summed E-state index contributed by atoms with van der Waals surface area (Å²) in [6.45, 7) is 2.06. The minimum absolute atomic E-state index is 0.631. The average Bonchev–Trinajstić information content (AvgIpc) is 3.02. The summed E-state index contributed by atoms with van der Waals surface area (Å²) in [7, 11) is 1.83. The number of aromatic nitrogens is 4. The van der Waals surface area contributed by atoms with E-state index < -0.39 is 0 Å². The van der Waals surface area contributed by atoms with Gasteiger partial charge in [0.15, 0.2) is 0 Å². The van der Waals surface area contributed by atoms with Gasteiger partial charge in [0.05, 0.1) is 0 Å². The second kappa shape index (κ2) is 5.81. The van der Waals surface area contributed by atoms with Crippen molar-refractivity contribution in [3.8, 4) is 0 Å². The van der Waals surface area contributed by atoms with E-state index in [4.69, 9.17) is 0 Å². The Morgan fingerprint density at radius 2 is 1.85 bits per heavy atom. The first-order valence-electron chi connectivity index (χ1n) is 6.92. The highest BCUT2D eigenvalue weighted by molar-refractivity contribution is 5.38. The molecule has 0 aliphatic carbocycles. The average molecular weight is 270 g/mol. The molecule has 0 unspecified atom stereocenters. The Hall–Kier alpha value is -2.24. The highest BCUT2D eigenvalue weighted by atomic mass is 15.3. The molecule has 0 atom stereocenters. The number of hydrogen-bond acceptors (Lipinski definition) is 6. The molecule has 1 fully saturated rings. The van der Waals surface area contributed by atoms with Gasteiger partial charge in [-0.1, -0.05) is 0 Å². The van der Waals surface area contributed by atoms with Crippen LogP contribution in [0.1, 0.15) is 24.2 Å². The van der Waals surface area contributed by atoms with Gasteiger partial charge in [0.25, 0.3) is 0 Å². The molecule has 6 heteroatoms. The summed E-state index contributed by atoms with van der Waals surface area (Å²) in [4.78, 5) is 19.7. The smallest absolute Gasteiger partial charge is 0.230 e. The maximum absolute atomic E-state index is 4.60. The highest BCUT2D eigenvalue weighted by Crippen LogP contribution is 2.17. The zero-order valence-electron chi connectivity index (χ0n) is 11.6. The van der Waals surface area contributed by atoms with Crippen LogP contribution in [0.4, 0.5) is 11.9 Å². The number of hydrogen-bond donors (Lipinski definition) is 1. The van der Waals surface area contributed by atoms with Crippen molar-refractivity contribution < 1.29 is 0 Å². The van der Waals surface area contributed by atoms with E-state index in [-0.39, 0.29) is 0 Å². The van der Waals surface area contributed by atoms with Crippen LogP contribution in [0.5, 0.6) is 0 Å². The van der Waals surface area contributed by atoms with Gasteiger partial charge < -0.3 is 10.2 Å². The van der Waals surface area contributed by atoms with Crippen LogP contribution < -0.4 is 10.2 Å². The minimum atomic E-state index is 0.631. The first kappa shape index (κ1) is 12.8. The largest absolute Gasteiger partial charge is 0.357 e. The molecule has 3 heterocycles. The molecule has 20 heavy (non-hydrogen) atoms. The zero-order chi connectivity index (χ0) is 13.8. The maximum Gasteiger partial charge on any atom is 0.230 e. The summed E-state index contributed by atoms with van der Waals surface area (Å²) >= 11 is 0. The Labute approximate surface area is 118 Å². The molecule has 2 aromatic heterocycles. The molecule has 0 amide bonds. The van der Waals surface area contributed by atoms with Gasteiger partial charge in [0.2, 0.25) is 11.9 Å². The highest BCUT2D eigenvalue weighted by Gasteiger charge is 2.17. The van der Waals surface area contributed by atoms with Gasteiger partial charge in [-0.25, -0.2) is 0 Å². The molecule has 104 valence electrons. The predicted octanol–water partition coefficient (Wildman–Crippen LogP) is 1.50. The summed E-state index contributed by atoms with van der Waals surface area (Å²) in [5, 5.41) is 3.02. The lowest BCUT2D eigenvalue weighted by Gasteiger charge is -2.16. The second-order valence-corrected chi connectivity index (χ2v) is 4.85. The molecule has 3 rings (SSSR count). The standard InChI is InChI=1S/C14H18N6/c1-15-13-17-12(10-11-4-6-16-7-5-11)18-14(19-13)20-8-2-3-9-20/h4-7H,2-3,8-10H2,1H3,(H,15,17,18,19). The van der Waals surface area contributed by atoms with Gasteiger partial charge >= 0.3 is 0 Å². The lowest BCUT2D eigenvalue weighted by molar-refractivity contribution is 0.844. The molecule has 1 aliphatic rings. The Balaban J connectivity index is 1.87. The van der Waals surface area contributed by atoms with Crippen molar-refractivity contribution in [2.24, 2.45) is 0 Å². The lowest BCUT2D eigenvalue weighted by atomic mass is 10.2. The first-order chi connectivity index (χ1) is 9.85. The summed E-state index contributed by atoms with van der Waals surface area (Å²) in [5.74, 6) is 2.20. The van der Waals surface area contributed by atoms with Crippen molar-refractivity contribution >= 4 is 11.9 Å². The fraction of sp³-hybridized carbons (Fsp3) is 0.429. The molecule has 6 nitrogen and oxygen atoms in total. The molecule has 0 saturated carbocycles. The molecule has 0 bridgehead atoms. The third-order valence-electron chi connectivity index (χ3n) is 3.39. The molecular weight excluding hydrogens is 252 g/mol. The molecular formula is C14H18N6. The van der Waals surface area contributed by atoms with E-state index in [0.29, 0.717) is 12.4 Å². The van der Waals surface area contributed by atoms with Crippen LogP contribution in [0.15, 0.2) is 24.5 Å². The second-order valence-electron chi connectivity index (χ2n) is 4.85. The van der Waals surface area contributed by atoms with Gasteiger partial charge in [0.1, 0.15) is 5.82 Å². The number of pyridine rings is 1. The van der Waals surface area contributed by atoms with Crippen molar-refractivity contribution in [1.29, 1.82) is 0 Å². The summed E-state index contributed by atoms with van der Waals surface area (Å²) < 4.78 is 0. The fourth-order valence-electron chi connectivity index (χ4n) is 2.34. The van der Waals surface area contributed by atoms with Gasteiger partial charge in [-0.15, -0.1) is 0 Å². The Kier molecular flexibility index (Phi) is 3.71. The summed E-state index contributed by atoms with van der Waals surface area (Å²) in [5.41, 5.74) is 1.15. The summed E-state index contributed by atoms with van der Waals surface area (Å²) in [6, 6.07) is 3.97. The molecule has 1 aliphatic heterocycles. The number of nitrogens with one attached hydrogen (secondary N) is 1. The normalized spacial score (nSPS) is 14.6. The SMILES string of the molecule is CNc1nc(Cc2ccncc2)nc(N2CCCC2)n1. The first-order valence-corrected chi connectivity index (χ1v) is 6.92. The molecule has 0 spiro atoms. The molecule has 1 N–H and O–H groups in total. The Morgan fingerprint density at radius 1 is 1.10 bits per heavy atom. The summed E-state index contributed by atoms with van der Waals surface area (Å²) in [6.07, 6.45) is 6.69. The Morgan fingerprint density at radius 3 is 2.55 bits per heavy atom. The minimum Gasteiger partial charge on any atom is -0.357 e.